The fraction of sp³-hybridized carbons (Fsp3) is 0.567. The minimum absolute atomic E-state index is 0.0361. The van der Waals surface area contributed by atoms with Crippen molar-refractivity contribution in [2.45, 2.75) is 62.9 Å². The van der Waals surface area contributed by atoms with Crippen molar-refractivity contribution in [3.8, 4) is 16.9 Å². The van der Waals surface area contributed by atoms with Crippen LogP contribution in [0.2, 0.25) is 0 Å². The molecule has 8 nitrogen and oxygen atoms in total. The zero-order valence-electron chi connectivity index (χ0n) is 22.8. The summed E-state index contributed by atoms with van der Waals surface area (Å²) in [6, 6.07) is 13.6. The van der Waals surface area contributed by atoms with Gasteiger partial charge in [-0.2, -0.15) is 0 Å². The molecule has 1 saturated carbocycles. The van der Waals surface area contributed by atoms with E-state index in [2.05, 4.69) is 6.07 Å². The molecule has 1 amide bonds. The van der Waals surface area contributed by atoms with Gasteiger partial charge in [0.25, 0.3) is 0 Å². The van der Waals surface area contributed by atoms with E-state index < -0.39 is 17.8 Å². The number of aryl methyl sites for hydroxylation is 1. The number of hydrogen-bond acceptors (Lipinski definition) is 7. The summed E-state index contributed by atoms with van der Waals surface area (Å²) >= 11 is 0. The molecule has 2 aromatic rings. The monoisotopic (exact) mass is 526 g/mol. The summed E-state index contributed by atoms with van der Waals surface area (Å²) in [4.78, 5) is 15.2. The maximum Gasteiger partial charge on any atom is 0.226 e. The fourth-order valence-electron chi connectivity index (χ4n) is 5.94. The topological polar surface area (TPSA) is 114 Å². The van der Waals surface area contributed by atoms with Crippen molar-refractivity contribution >= 4 is 5.91 Å². The largest absolute Gasteiger partial charge is 0.496 e. The number of ether oxygens (including phenoxy) is 3. The van der Waals surface area contributed by atoms with Crippen LogP contribution in [0.3, 0.4) is 0 Å². The molecule has 0 unspecified atom stereocenters. The number of benzene rings is 2. The number of rotatable bonds is 10. The van der Waals surface area contributed by atoms with Crippen molar-refractivity contribution < 1.29 is 29.2 Å². The van der Waals surface area contributed by atoms with Gasteiger partial charge in [0.1, 0.15) is 17.5 Å². The third kappa shape index (κ3) is 6.05. The first kappa shape index (κ1) is 28.5. The van der Waals surface area contributed by atoms with E-state index >= 15 is 0 Å². The highest BCUT2D eigenvalue weighted by Crippen LogP contribution is 2.45. The predicted octanol–water partition coefficient (Wildman–Crippen LogP) is 3.00. The van der Waals surface area contributed by atoms with E-state index in [0.29, 0.717) is 56.8 Å². The average molecular weight is 527 g/mol. The molecular formula is C30H42N2O6. The summed E-state index contributed by atoms with van der Waals surface area (Å²) in [6.07, 6.45) is 1.40. The van der Waals surface area contributed by atoms with Gasteiger partial charge in [0.05, 0.1) is 26.4 Å². The number of carbonyl (C=O) groups is 1. The highest BCUT2D eigenvalue weighted by atomic mass is 16.5. The number of carbonyl (C=O) groups excluding carboxylic acids is 1. The van der Waals surface area contributed by atoms with Crippen molar-refractivity contribution in [3.05, 3.63) is 53.6 Å². The van der Waals surface area contributed by atoms with Gasteiger partial charge in [0, 0.05) is 37.8 Å². The number of morpholine rings is 1. The van der Waals surface area contributed by atoms with Crippen LogP contribution in [0.1, 0.15) is 43.2 Å². The number of aliphatic hydroxyl groups excluding tert-OH is 1. The molecule has 1 saturated heterocycles. The van der Waals surface area contributed by atoms with Crippen molar-refractivity contribution in [3.63, 3.8) is 0 Å². The van der Waals surface area contributed by atoms with E-state index in [4.69, 9.17) is 19.9 Å². The Labute approximate surface area is 225 Å². The Hall–Kier alpha value is -2.49. The zero-order chi connectivity index (χ0) is 27.3. The summed E-state index contributed by atoms with van der Waals surface area (Å²) in [6.45, 7) is 3.63. The summed E-state index contributed by atoms with van der Waals surface area (Å²) in [7, 11) is 3.28. The molecule has 1 aliphatic carbocycles. The molecule has 0 bridgehead atoms. The van der Waals surface area contributed by atoms with E-state index in [1.54, 1.807) is 19.1 Å². The molecule has 0 radical (unpaired) electrons. The Morgan fingerprint density at radius 1 is 1.18 bits per heavy atom. The van der Waals surface area contributed by atoms with Gasteiger partial charge in [-0.25, -0.2) is 0 Å². The van der Waals surface area contributed by atoms with E-state index in [9.17, 15) is 15.0 Å². The normalized spacial score (nSPS) is 25.3. The van der Waals surface area contributed by atoms with Crippen molar-refractivity contribution in [1.82, 2.24) is 4.90 Å². The SMILES string of the molecule is COCCCC[C@@](O)(c1c(OC)cccc1-c1cccc(C)c1)[C@H]1CN(C(=O)[C@H]2C[C@@H](N)[C@@H](O)C2)CCO1. The standard InChI is InChI=1S/C30H42N2O6/c1-20-8-6-9-21(16-20)23-10-7-11-26(37-3)28(23)30(35,12-4-5-14-36-2)27-19-32(13-15-38-27)29(34)22-17-24(31)25(33)18-22/h6-11,16,22,24-25,27,33,35H,4-5,12-15,17-19,31H2,1-3H3/t22-,24+,25-,27+,30-/m0/s1. The van der Waals surface area contributed by atoms with E-state index in [1.807, 2.05) is 43.3 Å². The van der Waals surface area contributed by atoms with Crippen LogP contribution in [0.4, 0.5) is 0 Å². The van der Waals surface area contributed by atoms with Crippen molar-refractivity contribution in [2.75, 3.05) is 40.5 Å². The molecule has 1 aliphatic heterocycles. The van der Waals surface area contributed by atoms with E-state index in [-0.39, 0.29) is 24.4 Å². The summed E-state index contributed by atoms with van der Waals surface area (Å²) < 4.78 is 17.3. The first-order chi connectivity index (χ1) is 18.3. The van der Waals surface area contributed by atoms with Crippen LogP contribution in [-0.4, -0.2) is 79.8 Å². The Balaban J connectivity index is 1.72. The average Bonchev–Trinajstić information content (AvgIpc) is 3.27. The highest BCUT2D eigenvalue weighted by molar-refractivity contribution is 5.79. The maximum absolute atomic E-state index is 13.4. The van der Waals surface area contributed by atoms with Crippen LogP contribution >= 0.6 is 0 Å². The van der Waals surface area contributed by atoms with Crippen LogP contribution in [0.15, 0.2) is 42.5 Å². The summed E-state index contributed by atoms with van der Waals surface area (Å²) in [5, 5.41) is 22.8. The van der Waals surface area contributed by atoms with Crippen LogP contribution in [0.25, 0.3) is 11.1 Å². The smallest absolute Gasteiger partial charge is 0.226 e. The number of hydrogen-bond donors (Lipinski definition) is 3. The molecule has 0 spiro atoms. The van der Waals surface area contributed by atoms with Gasteiger partial charge in [-0.3, -0.25) is 4.79 Å². The molecule has 2 aliphatic rings. The fourth-order valence-corrected chi connectivity index (χ4v) is 5.94. The van der Waals surface area contributed by atoms with E-state index in [1.165, 1.54) is 0 Å². The second kappa shape index (κ2) is 12.6. The Morgan fingerprint density at radius 2 is 1.97 bits per heavy atom. The molecule has 2 aromatic carbocycles. The molecule has 4 N–H and O–H groups in total. The summed E-state index contributed by atoms with van der Waals surface area (Å²) in [5.41, 5.74) is 8.20. The molecule has 0 aromatic heterocycles. The van der Waals surface area contributed by atoms with Crippen LogP contribution in [0, 0.1) is 12.8 Å². The number of amides is 1. The number of aliphatic hydroxyl groups is 2. The Bertz CT molecular complexity index is 1080. The van der Waals surface area contributed by atoms with Gasteiger partial charge in [-0.05, 0) is 56.2 Å². The lowest BCUT2D eigenvalue weighted by atomic mass is 9.78. The number of methoxy groups -OCH3 is 2. The minimum Gasteiger partial charge on any atom is -0.496 e. The van der Waals surface area contributed by atoms with Gasteiger partial charge < -0.3 is 35.1 Å². The molecule has 5 atom stereocenters. The highest BCUT2D eigenvalue weighted by Gasteiger charge is 2.47. The number of nitrogens with two attached hydrogens (primary N) is 1. The molecule has 2 fully saturated rings. The molecule has 8 heteroatoms. The minimum atomic E-state index is -1.43. The molecule has 208 valence electrons. The molecule has 1 heterocycles. The van der Waals surface area contributed by atoms with Gasteiger partial charge in [0.2, 0.25) is 5.91 Å². The first-order valence-electron chi connectivity index (χ1n) is 13.6. The van der Waals surface area contributed by atoms with E-state index in [0.717, 1.165) is 23.1 Å². The van der Waals surface area contributed by atoms with Gasteiger partial charge in [-0.15, -0.1) is 0 Å². The van der Waals surface area contributed by atoms with Gasteiger partial charge >= 0.3 is 0 Å². The molecule has 4 rings (SSSR count). The Morgan fingerprint density at radius 3 is 2.66 bits per heavy atom. The summed E-state index contributed by atoms with van der Waals surface area (Å²) in [5.74, 6) is 0.226. The molecule has 38 heavy (non-hydrogen) atoms. The third-order valence-corrected chi connectivity index (χ3v) is 8.00. The number of nitrogens with zero attached hydrogens (tertiary/aromatic N) is 1. The van der Waals surface area contributed by atoms with Gasteiger partial charge in [-0.1, -0.05) is 42.0 Å². The van der Waals surface area contributed by atoms with Crippen molar-refractivity contribution in [1.29, 1.82) is 0 Å². The number of unbranched alkanes of at least 4 members (excludes halogenated alkanes) is 1. The molecular weight excluding hydrogens is 484 g/mol. The Kier molecular flexibility index (Phi) is 9.44. The van der Waals surface area contributed by atoms with Crippen LogP contribution in [-0.2, 0) is 19.9 Å². The zero-order valence-corrected chi connectivity index (χ0v) is 22.8. The maximum atomic E-state index is 13.4. The van der Waals surface area contributed by atoms with Crippen LogP contribution in [0.5, 0.6) is 5.75 Å². The first-order valence-corrected chi connectivity index (χ1v) is 13.6. The van der Waals surface area contributed by atoms with Crippen LogP contribution < -0.4 is 10.5 Å². The lowest BCUT2D eigenvalue weighted by Crippen LogP contribution is -2.55. The quantitative estimate of drug-likeness (QED) is 0.408. The van der Waals surface area contributed by atoms with Gasteiger partial charge in [0.15, 0.2) is 0 Å². The second-order valence-electron chi connectivity index (χ2n) is 10.7. The lowest BCUT2D eigenvalue weighted by Gasteiger charge is -2.44. The second-order valence-corrected chi connectivity index (χ2v) is 10.7. The van der Waals surface area contributed by atoms with Crippen molar-refractivity contribution in [2.24, 2.45) is 11.7 Å². The third-order valence-electron chi connectivity index (χ3n) is 8.00. The predicted molar refractivity (Wildman–Crippen MR) is 146 cm³/mol. The lowest BCUT2D eigenvalue weighted by molar-refractivity contribution is -0.168.